The first-order valence-electron chi connectivity index (χ1n) is 5.27. The number of piperidine rings is 1. The zero-order valence-corrected chi connectivity index (χ0v) is 9.11. The van der Waals surface area contributed by atoms with E-state index in [0.717, 1.165) is 12.8 Å². The lowest BCUT2D eigenvalue weighted by Crippen LogP contribution is -2.44. The second-order valence-corrected chi connectivity index (χ2v) is 3.81. The van der Waals surface area contributed by atoms with Crippen LogP contribution in [0, 0.1) is 0 Å². The minimum atomic E-state index is -0.112. The van der Waals surface area contributed by atoms with Gasteiger partial charge in [0.25, 0.3) is 0 Å². The van der Waals surface area contributed by atoms with Crippen LogP contribution >= 0.6 is 0 Å². The highest BCUT2D eigenvalue weighted by molar-refractivity contribution is 5.85. The number of aliphatic hydroxyl groups excluding tert-OH is 1. The fourth-order valence-corrected chi connectivity index (χ4v) is 1.59. The molecule has 15 heavy (non-hydrogen) atoms. The number of aliphatic hydroxyl groups is 1. The highest BCUT2D eigenvalue weighted by atomic mass is 16.3. The van der Waals surface area contributed by atoms with Gasteiger partial charge in [-0.05, 0) is 12.8 Å². The Morgan fingerprint density at radius 3 is 2.87 bits per heavy atom. The predicted octanol–water partition coefficient (Wildman–Crippen LogP) is -0.550. The van der Waals surface area contributed by atoms with Crippen molar-refractivity contribution < 1.29 is 14.7 Å². The fourth-order valence-electron chi connectivity index (χ4n) is 1.59. The van der Waals surface area contributed by atoms with Gasteiger partial charge in [-0.2, -0.15) is 0 Å². The summed E-state index contributed by atoms with van der Waals surface area (Å²) in [6, 6.07) is 0. The molecule has 5 nitrogen and oxygen atoms in total. The van der Waals surface area contributed by atoms with Gasteiger partial charge in [0.15, 0.2) is 0 Å². The highest BCUT2D eigenvalue weighted by Crippen LogP contribution is 2.10. The summed E-state index contributed by atoms with van der Waals surface area (Å²) < 4.78 is 0. The van der Waals surface area contributed by atoms with Crippen molar-refractivity contribution in [1.29, 1.82) is 0 Å². The van der Waals surface area contributed by atoms with Crippen LogP contribution in [0.3, 0.4) is 0 Å². The molecule has 5 heteroatoms. The van der Waals surface area contributed by atoms with E-state index < -0.39 is 0 Å². The number of amides is 2. The molecule has 0 saturated carbocycles. The molecule has 1 heterocycles. The van der Waals surface area contributed by atoms with Crippen LogP contribution in [0.25, 0.3) is 0 Å². The van der Waals surface area contributed by atoms with E-state index in [1.54, 1.807) is 11.9 Å². The summed E-state index contributed by atoms with van der Waals surface area (Å²) in [6.07, 6.45) is 2.45. The summed E-state index contributed by atoms with van der Waals surface area (Å²) in [7, 11) is 1.63. The zero-order valence-electron chi connectivity index (χ0n) is 9.11. The summed E-state index contributed by atoms with van der Waals surface area (Å²) in [5.41, 5.74) is 0. The van der Waals surface area contributed by atoms with Gasteiger partial charge in [0.1, 0.15) is 0 Å². The Kier molecular flexibility index (Phi) is 4.55. The number of hydrogen-bond acceptors (Lipinski definition) is 3. The molecular formula is C10H18N2O3. The Bertz CT molecular complexity index is 243. The average Bonchev–Trinajstić information content (AvgIpc) is 2.21. The fraction of sp³-hybridized carbons (Fsp3) is 0.800. The normalized spacial score (nSPS) is 16.7. The van der Waals surface area contributed by atoms with Crippen LogP contribution in [0.5, 0.6) is 0 Å². The van der Waals surface area contributed by atoms with Crippen LogP contribution in [0.2, 0.25) is 0 Å². The standard InChI is InChI=1S/C10H18N2O3/c1-11(6-7-13)10(15)8-12-5-3-2-4-9(12)14/h13H,2-8H2,1H3. The zero-order chi connectivity index (χ0) is 11.3. The summed E-state index contributed by atoms with van der Waals surface area (Å²) in [6.45, 7) is 1.10. The quantitative estimate of drug-likeness (QED) is 0.683. The van der Waals surface area contributed by atoms with Gasteiger partial charge in [0.2, 0.25) is 11.8 Å². The monoisotopic (exact) mass is 214 g/mol. The second-order valence-electron chi connectivity index (χ2n) is 3.81. The van der Waals surface area contributed by atoms with E-state index in [-0.39, 0.29) is 25.0 Å². The molecule has 0 atom stereocenters. The lowest BCUT2D eigenvalue weighted by molar-refractivity contribution is -0.141. The highest BCUT2D eigenvalue weighted by Gasteiger charge is 2.21. The van der Waals surface area contributed by atoms with Crippen LogP contribution in [0.4, 0.5) is 0 Å². The number of carbonyl (C=O) groups is 2. The molecule has 1 rings (SSSR count). The molecule has 0 aromatic rings. The molecule has 0 radical (unpaired) electrons. The van der Waals surface area contributed by atoms with Crippen molar-refractivity contribution in [2.24, 2.45) is 0 Å². The maximum absolute atomic E-state index is 11.6. The molecule has 0 aromatic heterocycles. The molecule has 86 valence electrons. The van der Waals surface area contributed by atoms with Crippen molar-refractivity contribution in [3.05, 3.63) is 0 Å². The van der Waals surface area contributed by atoms with E-state index in [9.17, 15) is 9.59 Å². The first kappa shape index (κ1) is 12.0. The number of likely N-dealkylation sites (tertiary alicyclic amines) is 1. The van der Waals surface area contributed by atoms with E-state index in [2.05, 4.69) is 0 Å². The van der Waals surface area contributed by atoms with Crippen LogP contribution in [-0.2, 0) is 9.59 Å². The third-order valence-electron chi connectivity index (χ3n) is 2.61. The number of hydrogen-bond donors (Lipinski definition) is 1. The van der Waals surface area contributed by atoms with E-state index in [0.29, 0.717) is 19.5 Å². The van der Waals surface area contributed by atoms with E-state index >= 15 is 0 Å². The molecule has 0 aliphatic carbocycles. The summed E-state index contributed by atoms with van der Waals surface area (Å²) in [4.78, 5) is 26.0. The summed E-state index contributed by atoms with van der Waals surface area (Å²) in [5.74, 6) is -0.0497. The SMILES string of the molecule is CN(CCO)C(=O)CN1CCCCC1=O. The second kappa shape index (κ2) is 5.70. The Morgan fingerprint density at radius 2 is 2.27 bits per heavy atom. The Morgan fingerprint density at radius 1 is 1.53 bits per heavy atom. The number of rotatable bonds is 4. The molecular weight excluding hydrogens is 196 g/mol. The van der Waals surface area contributed by atoms with Crippen molar-refractivity contribution >= 4 is 11.8 Å². The minimum absolute atomic E-state index is 0.0454. The van der Waals surface area contributed by atoms with Gasteiger partial charge in [-0.15, -0.1) is 0 Å². The minimum Gasteiger partial charge on any atom is -0.395 e. The van der Waals surface area contributed by atoms with E-state index in [4.69, 9.17) is 5.11 Å². The molecule has 0 spiro atoms. The van der Waals surface area contributed by atoms with E-state index in [1.165, 1.54) is 4.90 Å². The Labute approximate surface area is 89.7 Å². The van der Waals surface area contributed by atoms with Crippen molar-refractivity contribution in [3.8, 4) is 0 Å². The Balaban J connectivity index is 2.39. The smallest absolute Gasteiger partial charge is 0.242 e. The molecule has 1 fully saturated rings. The topological polar surface area (TPSA) is 60.9 Å². The van der Waals surface area contributed by atoms with Gasteiger partial charge in [0.05, 0.1) is 13.2 Å². The number of likely N-dealkylation sites (N-methyl/N-ethyl adjacent to an activating group) is 1. The number of carbonyl (C=O) groups excluding carboxylic acids is 2. The van der Waals surface area contributed by atoms with E-state index in [1.807, 2.05) is 0 Å². The first-order valence-corrected chi connectivity index (χ1v) is 5.27. The Hall–Kier alpha value is -1.10. The van der Waals surface area contributed by atoms with Crippen LogP contribution in [0.15, 0.2) is 0 Å². The van der Waals surface area contributed by atoms with Gasteiger partial charge in [-0.3, -0.25) is 9.59 Å². The molecule has 0 unspecified atom stereocenters. The maximum Gasteiger partial charge on any atom is 0.242 e. The number of nitrogens with zero attached hydrogens (tertiary/aromatic N) is 2. The summed E-state index contributed by atoms with van der Waals surface area (Å²) >= 11 is 0. The molecule has 1 aliphatic rings. The van der Waals surface area contributed by atoms with Gasteiger partial charge < -0.3 is 14.9 Å². The van der Waals surface area contributed by atoms with Crippen molar-refractivity contribution in [2.75, 3.05) is 33.3 Å². The van der Waals surface area contributed by atoms with Crippen LogP contribution in [0.1, 0.15) is 19.3 Å². The van der Waals surface area contributed by atoms with Gasteiger partial charge in [-0.25, -0.2) is 0 Å². The third-order valence-corrected chi connectivity index (χ3v) is 2.61. The van der Waals surface area contributed by atoms with Crippen molar-refractivity contribution in [3.63, 3.8) is 0 Å². The molecule has 1 aliphatic heterocycles. The van der Waals surface area contributed by atoms with Gasteiger partial charge in [0, 0.05) is 26.6 Å². The van der Waals surface area contributed by atoms with Crippen LogP contribution < -0.4 is 0 Å². The molecule has 1 saturated heterocycles. The summed E-state index contributed by atoms with van der Waals surface area (Å²) in [5, 5.41) is 8.67. The van der Waals surface area contributed by atoms with Crippen molar-refractivity contribution in [2.45, 2.75) is 19.3 Å². The van der Waals surface area contributed by atoms with Gasteiger partial charge in [-0.1, -0.05) is 0 Å². The largest absolute Gasteiger partial charge is 0.395 e. The van der Waals surface area contributed by atoms with Crippen molar-refractivity contribution in [1.82, 2.24) is 9.80 Å². The molecule has 0 aromatic carbocycles. The first-order chi connectivity index (χ1) is 7.15. The molecule has 2 amide bonds. The average molecular weight is 214 g/mol. The van der Waals surface area contributed by atoms with Gasteiger partial charge >= 0.3 is 0 Å². The predicted molar refractivity (Wildman–Crippen MR) is 55.2 cm³/mol. The maximum atomic E-state index is 11.6. The molecule has 1 N–H and O–H groups in total. The lowest BCUT2D eigenvalue weighted by atomic mass is 10.1. The lowest BCUT2D eigenvalue weighted by Gasteiger charge is -2.28. The third kappa shape index (κ3) is 3.51. The van der Waals surface area contributed by atoms with Crippen LogP contribution in [-0.4, -0.2) is 60.0 Å². The molecule has 0 bridgehead atoms.